The molecule has 104 valence electrons. The van der Waals surface area contributed by atoms with Crippen LogP contribution >= 0.6 is 0 Å². The maximum atomic E-state index is 10.0. The summed E-state index contributed by atoms with van der Waals surface area (Å²) in [5.41, 5.74) is 1.06. The highest BCUT2D eigenvalue weighted by atomic mass is 16.3. The lowest BCUT2D eigenvalue weighted by Crippen LogP contribution is -2.55. The van der Waals surface area contributed by atoms with E-state index in [4.69, 9.17) is 0 Å². The van der Waals surface area contributed by atoms with E-state index in [2.05, 4.69) is 23.6 Å². The lowest BCUT2D eigenvalue weighted by atomic mass is 10.00. The number of para-hydroxylation sites is 1. The number of phenols is 1. The number of hydrogen-bond acceptors (Lipinski definition) is 3. The summed E-state index contributed by atoms with van der Waals surface area (Å²) in [7, 11) is 0. The Kier molecular flexibility index (Phi) is 3.50. The van der Waals surface area contributed by atoms with Crippen LogP contribution in [-0.4, -0.2) is 46.6 Å². The van der Waals surface area contributed by atoms with E-state index in [1.54, 1.807) is 6.07 Å². The smallest absolute Gasteiger partial charge is 0.120 e. The predicted octanol–water partition coefficient (Wildman–Crippen LogP) is 2.62. The van der Waals surface area contributed by atoms with Gasteiger partial charge >= 0.3 is 0 Å². The molecule has 2 aliphatic heterocycles. The summed E-state index contributed by atoms with van der Waals surface area (Å²) in [5.74, 6) is 0.427. The van der Waals surface area contributed by atoms with Crippen molar-refractivity contribution in [2.45, 2.75) is 44.8 Å². The Balaban J connectivity index is 1.79. The minimum atomic E-state index is 0.291. The van der Waals surface area contributed by atoms with Gasteiger partial charge in [0.2, 0.25) is 0 Å². The second kappa shape index (κ2) is 5.14. The average Bonchev–Trinajstić information content (AvgIpc) is 2.84. The van der Waals surface area contributed by atoms with Crippen LogP contribution in [-0.2, 0) is 0 Å². The van der Waals surface area contributed by atoms with Crippen LogP contribution in [0, 0.1) is 0 Å². The van der Waals surface area contributed by atoms with Crippen molar-refractivity contribution in [3.63, 3.8) is 0 Å². The van der Waals surface area contributed by atoms with Crippen LogP contribution in [0.15, 0.2) is 24.3 Å². The van der Waals surface area contributed by atoms with Crippen LogP contribution in [0.4, 0.5) is 0 Å². The van der Waals surface area contributed by atoms with Gasteiger partial charge in [0, 0.05) is 36.8 Å². The van der Waals surface area contributed by atoms with Gasteiger partial charge < -0.3 is 5.11 Å². The Hall–Kier alpha value is -1.06. The van der Waals surface area contributed by atoms with Crippen molar-refractivity contribution in [1.29, 1.82) is 0 Å². The summed E-state index contributed by atoms with van der Waals surface area (Å²) < 4.78 is 0. The molecule has 1 aromatic carbocycles. The van der Waals surface area contributed by atoms with Crippen LogP contribution in [0.25, 0.3) is 0 Å². The summed E-state index contributed by atoms with van der Waals surface area (Å²) in [6, 6.07) is 9.33. The van der Waals surface area contributed by atoms with Gasteiger partial charge in [-0.05, 0) is 39.3 Å². The molecule has 2 aliphatic rings. The molecule has 0 aliphatic carbocycles. The SMILES string of the molecule is CC1CN2CCCC2CN1C(C)c1ccccc1O. The lowest BCUT2D eigenvalue weighted by Gasteiger charge is -2.45. The largest absolute Gasteiger partial charge is 0.508 e. The molecule has 3 nitrogen and oxygen atoms in total. The number of hydrogen-bond donors (Lipinski definition) is 1. The maximum Gasteiger partial charge on any atom is 0.120 e. The normalized spacial score (nSPS) is 30.2. The van der Waals surface area contributed by atoms with E-state index in [0.29, 0.717) is 17.8 Å². The third-order valence-electron chi connectivity index (χ3n) is 4.87. The zero-order valence-corrected chi connectivity index (χ0v) is 11.9. The summed E-state index contributed by atoms with van der Waals surface area (Å²) >= 11 is 0. The molecule has 0 amide bonds. The van der Waals surface area contributed by atoms with E-state index < -0.39 is 0 Å². The van der Waals surface area contributed by atoms with E-state index >= 15 is 0 Å². The van der Waals surface area contributed by atoms with Gasteiger partial charge in [0.25, 0.3) is 0 Å². The molecule has 2 saturated heterocycles. The molecular weight excluding hydrogens is 236 g/mol. The molecule has 0 saturated carbocycles. The van der Waals surface area contributed by atoms with Crippen molar-refractivity contribution < 1.29 is 5.11 Å². The monoisotopic (exact) mass is 260 g/mol. The van der Waals surface area contributed by atoms with Gasteiger partial charge in [0.15, 0.2) is 0 Å². The number of nitrogens with zero attached hydrogens (tertiary/aromatic N) is 2. The number of phenolic OH excluding ortho intramolecular Hbond substituents is 1. The Labute approximate surface area is 115 Å². The number of piperazine rings is 1. The maximum absolute atomic E-state index is 10.0. The van der Waals surface area contributed by atoms with E-state index in [1.165, 1.54) is 25.9 Å². The molecule has 3 unspecified atom stereocenters. The van der Waals surface area contributed by atoms with Gasteiger partial charge in [0.1, 0.15) is 5.75 Å². The van der Waals surface area contributed by atoms with Gasteiger partial charge in [-0.25, -0.2) is 0 Å². The minimum absolute atomic E-state index is 0.291. The van der Waals surface area contributed by atoms with Gasteiger partial charge in [-0.2, -0.15) is 0 Å². The topological polar surface area (TPSA) is 26.7 Å². The van der Waals surface area contributed by atoms with Crippen LogP contribution in [0.2, 0.25) is 0 Å². The lowest BCUT2D eigenvalue weighted by molar-refractivity contribution is 0.0319. The Morgan fingerprint density at radius 2 is 2.05 bits per heavy atom. The summed E-state index contributed by atoms with van der Waals surface area (Å²) in [5, 5.41) is 10.0. The number of rotatable bonds is 2. The molecule has 1 N–H and O–H groups in total. The van der Waals surface area contributed by atoms with E-state index in [-0.39, 0.29) is 0 Å². The first kappa shape index (κ1) is 12.9. The molecule has 3 heteroatoms. The fraction of sp³-hybridized carbons (Fsp3) is 0.625. The van der Waals surface area contributed by atoms with Crippen molar-refractivity contribution >= 4 is 0 Å². The predicted molar refractivity (Wildman–Crippen MR) is 77.3 cm³/mol. The summed E-state index contributed by atoms with van der Waals surface area (Å²) in [6.07, 6.45) is 2.67. The second-order valence-corrected chi connectivity index (χ2v) is 6.07. The minimum Gasteiger partial charge on any atom is -0.508 e. The highest BCUT2D eigenvalue weighted by molar-refractivity contribution is 5.34. The molecule has 19 heavy (non-hydrogen) atoms. The van der Waals surface area contributed by atoms with Crippen LogP contribution in [0.5, 0.6) is 5.75 Å². The third kappa shape index (κ3) is 2.37. The van der Waals surface area contributed by atoms with Gasteiger partial charge in [-0.3, -0.25) is 9.80 Å². The molecule has 2 heterocycles. The van der Waals surface area contributed by atoms with Gasteiger partial charge in [-0.1, -0.05) is 18.2 Å². The molecular formula is C16H24N2O. The van der Waals surface area contributed by atoms with Crippen molar-refractivity contribution in [1.82, 2.24) is 9.80 Å². The quantitative estimate of drug-likeness (QED) is 0.885. The highest BCUT2D eigenvalue weighted by Crippen LogP contribution is 2.33. The molecule has 0 aromatic heterocycles. The van der Waals surface area contributed by atoms with Crippen LogP contribution < -0.4 is 0 Å². The Bertz CT molecular complexity index is 448. The first-order valence-corrected chi connectivity index (χ1v) is 7.44. The standard InChI is InChI=1S/C16H24N2O/c1-12-10-17-9-5-6-14(17)11-18(12)13(2)15-7-3-4-8-16(15)19/h3-4,7-8,12-14,19H,5-6,9-11H2,1-2H3. The summed E-state index contributed by atoms with van der Waals surface area (Å²) in [6.45, 7) is 8.11. The van der Waals surface area contributed by atoms with Crippen molar-refractivity contribution in [3.05, 3.63) is 29.8 Å². The molecule has 0 radical (unpaired) electrons. The Morgan fingerprint density at radius 1 is 1.26 bits per heavy atom. The highest BCUT2D eigenvalue weighted by Gasteiger charge is 2.36. The van der Waals surface area contributed by atoms with Crippen LogP contribution in [0.3, 0.4) is 0 Å². The first-order chi connectivity index (χ1) is 9.16. The number of aromatic hydroxyl groups is 1. The molecule has 0 spiro atoms. The van der Waals surface area contributed by atoms with E-state index in [9.17, 15) is 5.11 Å². The van der Waals surface area contributed by atoms with Crippen molar-refractivity contribution in [2.75, 3.05) is 19.6 Å². The molecule has 1 aromatic rings. The van der Waals surface area contributed by atoms with E-state index in [1.807, 2.05) is 18.2 Å². The number of benzene rings is 1. The number of fused-ring (bicyclic) bond motifs is 1. The zero-order chi connectivity index (χ0) is 13.4. The van der Waals surface area contributed by atoms with Gasteiger partial charge in [0.05, 0.1) is 0 Å². The zero-order valence-electron chi connectivity index (χ0n) is 11.9. The fourth-order valence-corrected chi connectivity index (χ4v) is 3.77. The Morgan fingerprint density at radius 3 is 2.84 bits per heavy atom. The summed E-state index contributed by atoms with van der Waals surface area (Å²) in [4.78, 5) is 5.19. The van der Waals surface area contributed by atoms with Crippen molar-refractivity contribution in [3.8, 4) is 5.75 Å². The van der Waals surface area contributed by atoms with Gasteiger partial charge in [-0.15, -0.1) is 0 Å². The molecule has 3 rings (SSSR count). The molecule has 3 atom stereocenters. The third-order valence-corrected chi connectivity index (χ3v) is 4.87. The fourth-order valence-electron chi connectivity index (χ4n) is 3.77. The first-order valence-electron chi connectivity index (χ1n) is 7.44. The molecule has 0 bridgehead atoms. The van der Waals surface area contributed by atoms with Crippen molar-refractivity contribution in [2.24, 2.45) is 0 Å². The second-order valence-electron chi connectivity index (χ2n) is 6.07. The average molecular weight is 260 g/mol. The van der Waals surface area contributed by atoms with Crippen LogP contribution in [0.1, 0.15) is 38.3 Å². The molecule has 2 fully saturated rings. The van der Waals surface area contributed by atoms with E-state index in [0.717, 1.165) is 18.2 Å².